The summed E-state index contributed by atoms with van der Waals surface area (Å²) in [6.07, 6.45) is -0.155. The average Bonchev–Trinajstić information content (AvgIpc) is 3.21. The van der Waals surface area contributed by atoms with Crippen molar-refractivity contribution in [2.45, 2.75) is 62.7 Å². The summed E-state index contributed by atoms with van der Waals surface area (Å²) in [5.74, 6) is -5.40. The van der Waals surface area contributed by atoms with E-state index < -0.39 is 66.2 Å². The standard InChI is InChI=1S/C18H29N5O8S/c19-9(3-5-13(20)24)15(27)21-10(4-6-14(25)26)17(29)23-7-1-2-12(23)16(28)22-11(8-32)18(30)31/h9-12,32H,1-8,19H2,(H2,20,24)(H,21,27)(H,22,28)(H,25,26)(H,30,31). The number of nitrogens with zero attached hydrogens (tertiary/aromatic N) is 1. The van der Waals surface area contributed by atoms with E-state index in [0.717, 1.165) is 0 Å². The normalized spacial score (nSPS) is 18.3. The molecule has 0 bridgehead atoms. The molecular formula is C18H29N5O8S. The van der Waals surface area contributed by atoms with Gasteiger partial charge in [-0.15, -0.1) is 0 Å². The lowest BCUT2D eigenvalue weighted by molar-refractivity contribution is -0.144. The lowest BCUT2D eigenvalue weighted by atomic mass is 10.1. The van der Waals surface area contributed by atoms with Crippen molar-refractivity contribution in [1.82, 2.24) is 15.5 Å². The first-order valence-electron chi connectivity index (χ1n) is 9.98. The molecule has 13 nitrogen and oxygen atoms in total. The van der Waals surface area contributed by atoms with Crippen molar-refractivity contribution in [3.63, 3.8) is 0 Å². The first-order valence-corrected chi connectivity index (χ1v) is 10.6. The maximum Gasteiger partial charge on any atom is 0.327 e. The van der Waals surface area contributed by atoms with Gasteiger partial charge in [0.2, 0.25) is 23.6 Å². The van der Waals surface area contributed by atoms with Crippen molar-refractivity contribution in [2.75, 3.05) is 12.3 Å². The third-order valence-corrected chi connectivity index (χ3v) is 5.30. The molecule has 1 heterocycles. The molecule has 1 rings (SSSR count). The quantitative estimate of drug-likeness (QED) is 0.139. The highest BCUT2D eigenvalue weighted by atomic mass is 32.1. The molecule has 4 unspecified atom stereocenters. The number of carboxylic acids is 2. The molecule has 0 spiro atoms. The first kappa shape index (κ1) is 27.2. The molecule has 0 aromatic heterocycles. The highest BCUT2D eigenvalue weighted by Crippen LogP contribution is 2.20. The second-order valence-electron chi connectivity index (χ2n) is 7.38. The lowest BCUT2D eigenvalue weighted by Crippen LogP contribution is -2.57. The molecule has 180 valence electrons. The minimum atomic E-state index is -1.28. The monoisotopic (exact) mass is 475 g/mol. The molecule has 0 aliphatic carbocycles. The number of nitrogens with two attached hydrogens (primary N) is 2. The molecule has 1 fully saturated rings. The Kier molecular flexibility index (Phi) is 10.9. The smallest absolute Gasteiger partial charge is 0.327 e. The Hall–Kier alpha value is -2.87. The number of hydrogen-bond donors (Lipinski definition) is 7. The molecule has 1 saturated heterocycles. The summed E-state index contributed by atoms with van der Waals surface area (Å²) in [5.41, 5.74) is 10.7. The summed E-state index contributed by atoms with van der Waals surface area (Å²) in [5, 5.41) is 22.8. The third-order valence-electron chi connectivity index (χ3n) is 4.94. The fourth-order valence-electron chi connectivity index (χ4n) is 3.19. The van der Waals surface area contributed by atoms with Crippen LogP contribution in [-0.2, 0) is 28.8 Å². The molecule has 0 aromatic rings. The number of carbonyl (C=O) groups excluding carboxylic acids is 4. The topological polar surface area (TPSA) is 222 Å². The summed E-state index contributed by atoms with van der Waals surface area (Å²) in [7, 11) is 0. The van der Waals surface area contributed by atoms with E-state index in [0.29, 0.717) is 6.42 Å². The maximum atomic E-state index is 13.1. The number of carbonyl (C=O) groups is 6. The van der Waals surface area contributed by atoms with Gasteiger partial charge >= 0.3 is 11.9 Å². The second kappa shape index (κ2) is 12.9. The maximum absolute atomic E-state index is 13.1. The zero-order valence-corrected chi connectivity index (χ0v) is 18.3. The molecule has 8 N–H and O–H groups in total. The Morgan fingerprint density at radius 3 is 2.22 bits per heavy atom. The molecule has 1 aliphatic heterocycles. The van der Waals surface area contributed by atoms with E-state index in [1.54, 1.807) is 0 Å². The van der Waals surface area contributed by atoms with Gasteiger partial charge in [-0.2, -0.15) is 12.6 Å². The Balaban J connectivity index is 2.93. The highest BCUT2D eigenvalue weighted by Gasteiger charge is 2.39. The van der Waals surface area contributed by atoms with Crippen LogP contribution in [0.25, 0.3) is 0 Å². The lowest BCUT2D eigenvalue weighted by Gasteiger charge is -2.29. The van der Waals surface area contributed by atoms with E-state index in [1.807, 2.05) is 0 Å². The van der Waals surface area contributed by atoms with E-state index in [9.17, 15) is 28.8 Å². The molecule has 4 atom stereocenters. The number of hydrogen-bond acceptors (Lipinski definition) is 8. The molecule has 4 amide bonds. The van der Waals surface area contributed by atoms with E-state index in [1.165, 1.54) is 4.90 Å². The van der Waals surface area contributed by atoms with Crippen LogP contribution in [0, 0.1) is 0 Å². The Labute approximate surface area is 189 Å². The van der Waals surface area contributed by atoms with Crippen LogP contribution < -0.4 is 22.1 Å². The van der Waals surface area contributed by atoms with Gasteiger partial charge in [-0.25, -0.2) is 4.79 Å². The minimum absolute atomic E-state index is 0.0595. The number of aliphatic carboxylic acids is 2. The van der Waals surface area contributed by atoms with Crippen LogP contribution in [0.15, 0.2) is 0 Å². The summed E-state index contributed by atoms with van der Waals surface area (Å²) in [4.78, 5) is 72.2. The number of thiol groups is 1. The Morgan fingerprint density at radius 2 is 1.69 bits per heavy atom. The molecular weight excluding hydrogens is 446 g/mol. The highest BCUT2D eigenvalue weighted by molar-refractivity contribution is 7.80. The summed E-state index contributed by atoms with van der Waals surface area (Å²) >= 11 is 3.88. The van der Waals surface area contributed by atoms with Crippen molar-refractivity contribution < 1.29 is 39.0 Å². The molecule has 0 radical (unpaired) electrons. The van der Waals surface area contributed by atoms with Crippen LogP contribution in [0.4, 0.5) is 0 Å². The van der Waals surface area contributed by atoms with Crippen LogP contribution in [0.3, 0.4) is 0 Å². The summed E-state index contributed by atoms with van der Waals surface area (Å²) in [6.45, 7) is 0.169. The Morgan fingerprint density at radius 1 is 1.03 bits per heavy atom. The summed E-state index contributed by atoms with van der Waals surface area (Å²) in [6, 6.07) is -4.63. The number of nitrogens with one attached hydrogen (secondary N) is 2. The van der Waals surface area contributed by atoms with Gasteiger partial charge in [-0.3, -0.25) is 24.0 Å². The fourth-order valence-corrected chi connectivity index (χ4v) is 3.44. The third kappa shape index (κ3) is 8.34. The minimum Gasteiger partial charge on any atom is -0.481 e. The summed E-state index contributed by atoms with van der Waals surface area (Å²) < 4.78 is 0. The molecule has 1 aliphatic rings. The second-order valence-corrected chi connectivity index (χ2v) is 7.74. The van der Waals surface area contributed by atoms with Crippen LogP contribution >= 0.6 is 12.6 Å². The fraction of sp³-hybridized carbons (Fsp3) is 0.667. The molecule has 32 heavy (non-hydrogen) atoms. The van der Waals surface area contributed by atoms with E-state index in [4.69, 9.17) is 21.7 Å². The zero-order valence-electron chi connectivity index (χ0n) is 17.4. The van der Waals surface area contributed by atoms with Crippen molar-refractivity contribution in [3.8, 4) is 0 Å². The molecule has 14 heteroatoms. The van der Waals surface area contributed by atoms with Gasteiger partial charge in [0.25, 0.3) is 0 Å². The van der Waals surface area contributed by atoms with E-state index in [-0.39, 0.29) is 38.0 Å². The molecule has 0 aromatic carbocycles. The van der Waals surface area contributed by atoms with Crippen LogP contribution in [0.2, 0.25) is 0 Å². The van der Waals surface area contributed by atoms with Crippen LogP contribution in [0.1, 0.15) is 38.5 Å². The van der Waals surface area contributed by atoms with Gasteiger partial charge in [-0.05, 0) is 25.7 Å². The van der Waals surface area contributed by atoms with E-state index in [2.05, 4.69) is 23.3 Å². The van der Waals surface area contributed by atoms with Gasteiger partial charge in [-0.1, -0.05) is 0 Å². The van der Waals surface area contributed by atoms with Gasteiger partial charge < -0.3 is 37.2 Å². The van der Waals surface area contributed by atoms with Crippen molar-refractivity contribution in [1.29, 1.82) is 0 Å². The van der Waals surface area contributed by atoms with Gasteiger partial charge in [0, 0.05) is 25.1 Å². The number of rotatable bonds is 13. The SMILES string of the molecule is NC(=O)CCC(N)C(=O)NC(CCC(=O)O)C(=O)N1CCCC1C(=O)NC(CS)C(=O)O. The van der Waals surface area contributed by atoms with E-state index >= 15 is 0 Å². The number of amides is 4. The predicted octanol–water partition coefficient (Wildman–Crippen LogP) is -2.58. The van der Waals surface area contributed by atoms with Gasteiger partial charge in [0.1, 0.15) is 18.1 Å². The number of primary amides is 1. The first-order chi connectivity index (χ1) is 15.0. The average molecular weight is 476 g/mol. The van der Waals surface area contributed by atoms with Crippen molar-refractivity contribution in [3.05, 3.63) is 0 Å². The van der Waals surface area contributed by atoms with Crippen LogP contribution in [0.5, 0.6) is 0 Å². The van der Waals surface area contributed by atoms with Gasteiger partial charge in [0.15, 0.2) is 0 Å². The zero-order chi connectivity index (χ0) is 24.4. The van der Waals surface area contributed by atoms with Crippen molar-refractivity contribution >= 4 is 48.2 Å². The largest absolute Gasteiger partial charge is 0.481 e. The molecule has 0 saturated carbocycles. The predicted molar refractivity (Wildman–Crippen MR) is 113 cm³/mol. The Bertz CT molecular complexity index is 749. The van der Waals surface area contributed by atoms with Crippen LogP contribution in [-0.4, -0.2) is 87.1 Å². The number of carboxylic acid groups (broad SMARTS) is 2. The van der Waals surface area contributed by atoms with Gasteiger partial charge in [0.05, 0.1) is 6.04 Å². The number of likely N-dealkylation sites (tertiary alicyclic amines) is 1. The van der Waals surface area contributed by atoms with Crippen molar-refractivity contribution in [2.24, 2.45) is 11.5 Å².